The van der Waals surface area contributed by atoms with Crippen LogP contribution in [0.15, 0.2) is 42.7 Å². The number of benzene rings is 1. The number of aromatic hydroxyl groups is 1. The molecule has 0 bridgehead atoms. The van der Waals surface area contributed by atoms with Crippen LogP contribution in [-0.2, 0) is 0 Å². The highest BCUT2D eigenvalue weighted by atomic mass is 16.5. The fourth-order valence-electron chi connectivity index (χ4n) is 1.97. The molecule has 3 rings (SSSR count). The topological polar surface area (TPSA) is 33.9 Å². The number of methoxy groups -OCH3 is 1. The predicted octanol–water partition coefficient (Wildman–Crippen LogP) is 2.81. The Labute approximate surface area is 92.5 Å². The summed E-state index contributed by atoms with van der Waals surface area (Å²) in [6, 6.07) is 9.31. The molecule has 0 unspecified atom stereocenters. The summed E-state index contributed by atoms with van der Waals surface area (Å²) < 4.78 is 7.26. The molecular weight excluding hydrogens is 202 g/mol. The van der Waals surface area contributed by atoms with Gasteiger partial charge in [-0.3, -0.25) is 0 Å². The normalized spacial score (nSPS) is 11.1. The SMILES string of the molecule is COc1ccn2cc3cc(O)ccc3cc12. The molecule has 0 saturated carbocycles. The van der Waals surface area contributed by atoms with Gasteiger partial charge >= 0.3 is 0 Å². The van der Waals surface area contributed by atoms with Gasteiger partial charge in [0, 0.05) is 17.8 Å². The van der Waals surface area contributed by atoms with Gasteiger partial charge in [-0.05, 0) is 29.7 Å². The van der Waals surface area contributed by atoms with Crippen molar-refractivity contribution >= 4 is 16.3 Å². The zero-order valence-corrected chi connectivity index (χ0v) is 8.84. The summed E-state index contributed by atoms with van der Waals surface area (Å²) >= 11 is 0. The molecule has 1 aromatic carbocycles. The van der Waals surface area contributed by atoms with Gasteiger partial charge in [-0.25, -0.2) is 0 Å². The van der Waals surface area contributed by atoms with Gasteiger partial charge in [-0.1, -0.05) is 6.07 Å². The summed E-state index contributed by atoms with van der Waals surface area (Å²) in [7, 11) is 1.66. The first-order valence-electron chi connectivity index (χ1n) is 5.05. The Morgan fingerprint density at radius 1 is 1.12 bits per heavy atom. The number of phenolic OH excluding ortho intramolecular Hbond substituents is 1. The van der Waals surface area contributed by atoms with Gasteiger partial charge < -0.3 is 14.2 Å². The summed E-state index contributed by atoms with van der Waals surface area (Å²) in [5.41, 5.74) is 1.03. The number of ether oxygens (including phenoxy) is 1. The molecule has 0 amide bonds. The van der Waals surface area contributed by atoms with E-state index in [1.807, 2.05) is 35.0 Å². The number of aromatic nitrogens is 1. The molecule has 0 aliphatic rings. The van der Waals surface area contributed by atoms with E-state index >= 15 is 0 Å². The van der Waals surface area contributed by atoms with Crippen molar-refractivity contribution in [2.24, 2.45) is 0 Å². The Bertz CT molecular complexity index is 670. The number of rotatable bonds is 1. The smallest absolute Gasteiger partial charge is 0.144 e. The third-order valence-electron chi connectivity index (χ3n) is 2.78. The van der Waals surface area contributed by atoms with E-state index in [9.17, 15) is 5.11 Å². The van der Waals surface area contributed by atoms with Gasteiger partial charge in [0.25, 0.3) is 0 Å². The maximum absolute atomic E-state index is 9.42. The van der Waals surface area contributed by atoms with Gasteiger partial charge in [-0.15, -0.1) is 0 Å². The summed E-state index contributed by atoms with van der Waals surface area (Å²) in [6.45, 7) is 0. The first-order valence-corrected chi connectivity index (χ1v) is 5.05. The third kappa shape index (κ3) is 1.21. The van der Waals surface area contributed by atoms with Crippen molar-refractivity contribution in [1.29, 1.82) is 0 Å². The van der Waals surface area contributed by atoms with E-state index in [2.05, 4.69) is 0 Å². The number of fused-ring (bicyclic) bond motifs is 2. The number of nitrogens with zero attached hydrogens (tertiary/aromatic N) is 1. The van der Waals surface area contributed by atoms with Crippen LogP contribution >= 0.6 is 0 Å². The Kier molecular flexibility index (Phi) is 1.80. The monoisotopic (exact) mass is 213 g/mol. The van der Waals surface area contributed by atoms with Crippen LogP contribution in [0.4, 0.5) is 0 Å². The van der Waals surface area contributed by atoms with Crippen molar-refractivity contribution in [1.82, 2.24) is 4.40 Å². The van der Waals surface area contributed by atoms with E-state index in [-0.39, 0.29) is 5.75 Å². The Hall–Kier alpha value is -2.16. The van der Waals surface area contributed by atoms with Gasteiger partial charge in [0.15, 0.2) is 0 Å². The van der Waals surface area contributed by atoms with Crippen molar-refractivity contribution < 1.29 is 9.84 Å². The fourth-order valence-corrected chi connectivity index (χ4v) is 1.97. The molecular formula is C13H11NO2. The second-order valence-corrected chi connectivity index (χ2v) is 3.76. The molecule has 2 heterocycles. The molecule has 0 aliphatic heterocycles. The zero-order chi connectivity index (χ0) is 11.1. The van der Waals surface area contributed by atoms with Crippen molar-refractivity contribution in [3.8, 4) is 11.5 Å². The van der Waals surface area contributed by atoms with E-state index < -0.39 is 0 Å². The lowest BCUT2D eigenvalue weighted by molar-refractivity contribution is 0.420. The minimum Gasteiger partial charge on any atom is -0.508 e. The molecule has 80 valence electrons. The minimum atomic E-state index is 0.283. The maximum atomic E-state index is 9.42. The van der Waals surface area contributed by atoms with Crippen molar-refractivity contribution in [2.75, 3.05) is 7.11 Å². The molecule has 0 aliphatic carbocycles. The second kappa shape index (κ2) is 3.17. The quantitative estimate of drug-likeness (QED) is 0.674. The second-order valence-electron chi connectivity index (χ2n) is 3.76. The van der Waals surface area contributed by atoms with Gasteiger partial charge in [0.05, 0.1) is 12.6 Å². The van der Waals surface area contributed by atoms with E-state index in [0.717, 1.165) is 22.0 Å². The Morgan fingerprint density at radius 3 is 2.81 bits per heavy atom. The number of pyridine rings is 1. The minimum absolute atomic E-state index is 0.283. The fraction of sp³-hybridized carbons (Fsp3) is 0.0769. The highest BCUT2D eigenvalue weighted by Gasteiger charge is 2.04. The number of hydrogen-bond donors (Lipinski definition) is 1. The van der Waals surface area contributed by atoms with Crippen LogP contribution in [-0.4, -0.2) is 16.6 Å². The first-order chi connectivity index (χ1) is 7.78. The molecule has 3 nitrogen and oxygen atoms in total. The average molecular weight is 213 g/mol. The summed E-state index contributed by atoms with van der Waals surface area (Å²) in [6.07, 6.45) is 3.92. The largest absolute Gasteiger partial charge is 0.508 e. The number of hydrogen-bond acceptors (Lipinski definition) is 2. The van der Waals surface area contributed by atoms with E-state index in [0.29, 0.717) is 0 Å². The van der Waals surface area contributed by atoms with Crippen LogP contribution in [0.3, 0.4) is 0 Å². The van der Waals surface area contributed by atoms with Crippen molar-refractivity contribution in [3.05, 3.63) is 42.7 Å². The molecule has 1 N–H and O–H groups in total. The lowest BCUT2D eigenvalue weighted by Crippen LogP contribution is -1.85. The van der Waals surface area contributed by atoms with Gasteiger partial charge in [-0.2, -0.15) is 0 Å². The van der Waals surface area contributed by atoms with Crippen LogP contribution in [0.1, 0.15) is 0 Å². The molecule has 0 atom stereocenters. The third-order valence-corrected chi connectivity index (χ3v) is 2.78. The summed E-state index contributed by atoms with van der Waals surface area (Å²) in [4.78, 5) is 0. The van der Waals surface area contributed by atoms with Crippen molar-refractivity contribution in [3.63, 3.8) is 0 Å². The Balaban J connectivity index is 2.41. The predicted molar refractivity (Wildman–Crippen MR) is 63.1 cm³/mol. The highest BCUT2D eigenvalue weighted by molar-refractivity contribution is 5.88. The molecule has 0 spiro atoms. The molecule has 0 saturated heterocycles. The Morgan fingerprint density at radius 2 is 2.00 bits per heavy atom. The van der Waals surface area contributed by atoms with Gasteiger partial charge in [0.2, 0.25) is 0 Å². The molecule has 2 aromatic heterocycles. The molecule has 3 heteroatoms. The highest BCUT2D eigenvalue weighted by Crippen LogP contribution is 2.27. The lowest BCUT2D eigenvalue weighted by atomic mass is 10.1. The van der Waals surface area contributed by atoms with Crippen molar-refractivity contribution in [2.45, 2.75) is 0 Å². The van der Waals surface area contributed by atoms with Gasteiger partial charge in [0.1, 0.15) is 11.5 Å². The summed E-state index contributed by atoms with van der Waals surface area (Å²) in [5, 5.41) is 11.5. The van der Waals surface area contributed by atoms with E-state index in [4.69, 9.17) is 4.74 Å². The zero-order valence-electron chi connectivity index (χ0n) is 8.84. The van der Waals surface area contributed by atoms with Crippen LogP contribution in [0.2, 0.25) is 0 Å². The number of phenols is 1. The molecule has 16 heavy (non-hydrogen) atoms. The molecule has 3 aromatic rings. The van der Waals surface area contributed by atoms with Crippen LogP contribution in [0.5, 0.6) is 11.5 Å². The average Bonchev–Trinajstić information content (AvgIpc) is 2.68. The lowest BCUT2D eigenvalue weighted by Gasteiger charge is -2.03. The molecule has 0 fully saturated rings. The van der Waals surface area contributed by atoms with Crippen LogP contribution in [0.25, 0.3) is 16.3 Å². The van der Waals surface area contributed by atoms with E-state index in [1.54, 1.807) is 19.2 Å². The standard InChI is InChI=1S/C13H11NO2/c1-16-13-4-5-14-8-10-6-11(15)3-2-9(10)7-12(13)14/h2-8,15H,1H3. The van der Waals surface area contributed by atoms with Crippen LogP contribution < -0.4 is 4.74 Å². The summed E-state index contributed by atoms with van der Waals surface area (Å²) in [5.74, 6) is 1.14. The maximum Gasteiger partial charge on any atom is 0.144 e. The first kappa shape index (κ1) is 9.09. The molecule has 0 radical (unpaired) electrons. The van der Waals surface area contributed by atoms with E-state index in [1.165, 1.54) is 0 Å². The van der Waals surface area contributed by atoms with Crippen LogP contribution in [0, 0.1) is 0 Å².